The molecule has 0 aliphatic carbocycles. The molecule has 0 saturated heterocycles. The third kappa shape index (κ3) is 13.5. The highest BCUT2D eigenvalue weighted by atomic mass is 16.5. The van der Waals surface area contributed by atoms with Gasteiger partial charge in [-0.2, -0.15) is 0 Å². The largest absolute Gasteiger partial charge is 0.462 e. The van der Waals surface area contributed by atoms with Gasteiger partial charge in [0.1, 0.15) is 0 Å². The summed E-state index contributed by atoms with van der Waals surface area (Å²) in [7, 11) is 0. The number of carbonyl (C=O) groups excluding carboxylic acids is 2. The van der Waals surface area contributed by atoms with Gasteiger partial charge < -0.3 is 9.47 Å². The number of hydrogen-bond donors (Lipinski definition) is 0. The zero-order valence-electron chi connectivity index (χ0n) is 23.9. The van der Waals surface area contributed by atoms with Crippen LogP contribution in [-0.2, 0) is 22.3 Å². The molecule has 0 fully saturated rings. The van der Waals surface area contributed by atoms with E-state index in [2.05, 4.69) is 13.8 Å². The molecule has 0 aromatic heterocycles. The summed E-state index contributed by atoms with van der Waals surface area (Å²) in [5.74, 6) is -0.868. The van der Waals surface area contributed by atoms with Crippen LogP contribution >= 0.6 is 0 Å². The number of rotatable bonds is 22. The van der Waals surface area contributed by atoms with E-state index in [1.54, 1.807) is 13.8 Å². The van der Waals surface area contributed by atoms with Gasteiger partial charge in [-0.15, -0.1) is 0 Å². The molecule has 0 bridgehead atoms. The van der Waals surface area contributed by atoms with E-state index in [0.29, 0.717) is 11.1 Å². The Kier molecular flexibility index (Phi) is 19.0. The van der Waals surface area contributed by atoms with Crippen molar-refractivity contribution in [1.29, 1.82) is 0 Å². The van der Waals surface area contributed by atoms with Gasteiger partial charge in [-0.1, -0.05) is 104 Å². The fourth-order valence-electron chi connectivity index (χ4n) is 4.81. The van der Waals surface area contributed by atoms with Crippen molar-refractivity contribution in [3.05, 3.63) is 34.4 Å². The average molecular weight is 503 g/mol. The van der Waals surface area contributed by atoms with Crippen LogP contribution in [0.15, 0.2) is 12.1 Å². The molecular weight excluding hydrogens is 448 g/mol. The maximum absolute atomic E-state index is 12.7. The second-order valence-electron chi connectivity index (χ2n) is 10.1. The van der Waals surface area contributed by atoms with Crippen molar-refractivity contribution in [2.24, 2.45) is 0 Å². The van der Waals surface area contributed by atoms with Gasteiger partial charge in [-0.25, -0.2) is 9.59 Å². The van der Waals surface area contributed by atoms with Crippen LogP contribution in [0.4, 0.5) is 0 Å². The lowest BCUT2D eigenvalue weighted by Gasteiger charge is -2.16. The molecule has 1 aromatic rings. The van der Waals surface area contributed by atoms with E-state index < -0.39 is 11.9 Å². The summed E-state index contributed by atoms with van der Waals surface area (Å²) in [6.45, 7) is 8.66. The number of aryl methyl sites for hydroxylation is 2. The van der Waals surface area contributed by atoms with E-state index in [1.807, 2.05) is 12.1 Å². The minimum absolute atomic E-state index is 0.286. The number of benzene rings is 1. The molecule has 1 rings (SSSR count). The van der Waals surface area contributed by atoms with E-state index >= 15 is 0 Å². The normalized spacial score (nSPS) is 11.0. The predicted octanol–water partition coefficient (Wildman–Crippen LogP) is 9.41. The first-order valence-corrected chi connectivity index (χ1v) is 15.1. The quantitative estimate of drug-likeness (QED) is 0.117. The van der Waals surface area contributed by atoms with Crippen molar-refractivity contribution in [2.45, 2.75) is 143 Å². The van der Waals surface area contributed by atoms with Gasteiger partial charge in [0.2, 0.25) is 0 Å². The summed E-state index contributed by atoms with van der Waals surface area (Å²) in [6, 6.07) is 3.84. The first-order chi connectivity index (χ1) is 17.6. The minimum Gasteiger partial charge on any atom is -0.462 e. The summed E-state index contributed by atoms with van der Waals surface area (Å²) in [5, 5.41) is 0. The highest BCUT2D eigenvalue weighted by molar-refractivity contribution is 6.03. The first-order valence-electron chi connectivity index (χ1n) is 15.1. The van der Waals surface area contributed by atoms with Crippen molar-refractivity contribution < 1.29 is 19.1 Å². The molecule has 0 aliphatic heterocycles. The SMILES string of the molecule is CCCCCCCCCCc1cc(C(=O)OCC)c(C(=O)OCC)cc1CCCCCCCCCC. The Bertz CT molecular complexity index is 664. The molecular formula is C32H54O4. The molecule has 0 unspecified atom stereocenters. The van der Waals surface area contributed by atoms with Gasteiger partial charge in [-0.05, 0) is 62.8 Å². The Morgan fingerprint density at radius 3 is 1.11 bits per heavy atom. The Morgan fingerprint density at radius 2 is 0.806 bits per heavy atom. The minimum atomic E-state index is -0.434. The van der Waals surface area contributed by atoms with E-state index in [-0.39, 0.29) is 13.2 Å². The highest BCUT2D eigenvalue weighted by Crippen LogP contribution is 2.24. The lowest BCUT2D eigenvalue weighted by Crippen LogP contribution is -2.16. The van der Waals surface area contributed by atoms with Crippen LogP contribution < -0.4 is 0 Å². The lowest BCUT2D eigenvalue weighted by atomic mass is 9.91. The number of esters is 2. The Hall–Kier alpha value is -1.84. The Balaban J connectivity index is 2.87. The number of ether oxygens (including phenoxy) is 2. The molecule has 36 heavy (non-hydrogen) atoms. The van der Waals surface area contributed by atoms with Crippen molar-refractivity contribution >= 4 is 11.9 Å². The molecule has 0 radical (unpaired) electrons. The fraction of sp³-hybridized carbons (Fsp3) is 0.750. The third-order valence-corrected chi connectivity index (χ3v) is 6.93. The van der Waals surface area contributed by atoms with E-state index in [4.69, 9.17) is 9.47 Å². The topological polar surface area (TPSA) is 52.6 Å². The van der Waals surface area contributed by atoms with Crippen molar-refractivity contribution in [3.63, 3.8) is 0 Å². The molecule has 0 saturated carbocycles. The van der Waals surface area contributed by atoms with Crippen molar-refractivity contribution in [1.82, 2.24) is 0 Å². The van der Waals surface area contributed by atoms with Crippen LogP contribution in [-0.4, -0.2) is 25.2 Å². The highest BCUT2D eigenvalue weighted by Gasteiger charge is 2.22. The Labute approximate surface area is 221 Å². The van der Waals surface area contributed by atoms with Crippen LogP contribution in [0.25, 0.3) is 0 Å². The second-order valence-corrected chi connectivity index (χ2v) is 10.1. The van der Waals surface area contributed by atoms with Crippen LogP contribution in [0.1, 0.15) is 162 Å². The lowest BCUT2D eigenvalue weighted by molar-refractivity contribution is 0.0478. The molecule has 206 valence electrons. The van der Waals surface area contributed by atoms with Crippen molar-refractivity contribution in [3.8, 4) is 0 Å². The predicted molar refractivity (Wildman–Crippen MR) is 151 cm³/mol. The molecule has 0 N–H and O–H groups in total. The summed E-state index contributed by atoms with van der Waals surface area (Å²) in [5.41, 5.74) is 3.09. The van der Waals surface area contributed by atoms with E-state index in [1.165, 1.54) is 101 Å². The molecule has 4 nitrogen and oxygen atoms in total. The number of hydrogen-bond acceptors (Lipinski definition) is 4. The Morgan fingerprint density at radius 1 is 0.500 bits per heavy atom. The maximum Gasteiger partial charge on any atom is 0.339 e. The molecule has 0 spiro atoms. The summed E-state index contributed by atoms with van der Waals surface area (Å²) >= 11 is 0. The first kappa shape index (κ1) is 32.2. The second kappa shape index (κ2) is 21.3. The average Bonchev–Trinajstić information content (AvgIpc) is 2.87. The standard InChI is InChI=1S/C32H54O4/c1-5-9-11-13-15-17-19-21-23-27-25-29(31(33)35-7-3)30(32(34)36-8-4)26-28(27)24-22-20-18-16-14-12-10-6-2/h25-26H,5-24H2,1-4H3. The fourth-order valence-corrected chi connectivity index (χ4v) is 4.81. The van der Waals surface area contributed by atoms with Gasteiger partial charge in [-0.3, -0.25) is 0 Å². The van der Waals surface area contributed by atoms with Gasteiger partial charge >= 0.3 is 11.9 Å². The third-order valence-electron chi connectivity index (χ3n) is 6.93. The van der Waals surface area contributed by atoms with Crippen LogP contribution in [0.2, 0.25) is 0 Å². The molecule has 0 heterocycles. The molecule has 0 atom stereocenters. The summed E-state index contributed by atoms with van der Waals surface area (Å²) in [6.07, 6.45) is 22.3. The smallest absolute Gasteiger partial charge is 0.339 e. The van der Waals surface area contributed by atoms with Crippen LogP contribution in [0.5, 0.6) is 0 Å². The van der Waals surface area contributed by atoms with Gasteiger partial charge in [0.05, 0.1) is 24.3 Å². The molecule has 0 aliphatic rings. The zero-order chi connectivity index (χ0) is 26.4. The molecule has 0 amide bonds. The summed E-state index contributed by atoms with van der Waals surface area (Å²) < 4.78 is 10.6. The van der Waals surface area contributed by atoms with Crippen molar-refractivity contribution in [2.75, 3.05) is 13.2 Å². The van der Waals surface area contributed by atoms with E-state index in [0.717, 1.165) is 25.7 Å². The maximum atomic E-state index is 12.7. The van der Waals surface area contributed by atoms with Crippen LogP contribution in [0, 0.1) is 0 Å². The number of unbranched alkanes of at least 4 members (excludes halogenated alkanes) is 14. The van der Waals surface area contributed by atoms with Gasteiger partial charge in [0, 0.05) is 0 Å². The van der Waals surface area contributed by atoms with Crippen LogP contribution in [0.3, 0.4) is 0 Å². The molecule has 4 heteroatoms. The van der Waals surface area contributed by atoms with Gasteiger partial charge in [0.15, 0.2) is 0 Å². The summed E-state index contributed by atoms with van der Waals surface area (Å²) in [4.78, 5) is 25.4. The van der Waals surface area contributed by atoms with E-state index in [9.17, 15) is 9.59 Å². The zero-order valence-corrected chi connectivity index (χ0v) is 23.9. The monoisotopic (exact) mass is 502 g/mol. The molecule has 1 aromatic carbocycles. The number of carbonyl (C=O) groups is 2. The van der Waals surface area contributed by atoms with Gasteiger partial charge in [0.25, 0.3) is 0 Å².